The minimum Gasteiger partial charge on any atom is -0.293 e. The molecule has 128 valence electrons. The van der Waals surface area contributed by atoms with E-state index in [-0.39, 0.29) is 4.90 Å². The number of halogens is 1. The smallest absolute Gasteiger partial charge is 0.264 e. The van der Waals surface area contributed by atoms with Crippen LogP contribution in [0.2, 0.25) is 0 Å². The molecule has 0 radical (unpaired) electrons. The summed E-state index contributed by atoms with van der Waals surface area (Å²) in [7, 11) is -4.05. The lowest BCUT2D eigenvalue weighted by Gasteiger charge is -2.24. The molecule has 0 aromatic heterocycles. The van der Waals surface area contributed by atoms with Gasteiger partial charge < -0.3 is 0 Å². The molecule has 0 aliphatic rings. The van der Waals surface area contributed by atoms with Crippen molar-refractivity contribution in [3.63, 3.8) is 0 Å². The van der Waals surface area contributed by atoms with Gasteiger partial charge >= 0.3 is 0 Å². The van der Waals surface area contributed by atoms with Gasteiger partial charge in [-0.1, -0.05) is 19.1 Å². The molecule has 0 atom stereocenters. The third-order valence-corrected chi connectivity index (χ3v) is 5.27. The van der Waals surface area contributed by atoms with Crippen LogP contribution in [0.25, 0.3) is 0 Å². The van der Waals surface area contributed by atoms with Crippen LogP contribution in [-0.2, 0) is 21.2 Å². The van der Waals surface area contributed by atoms with Crippen LogP contribution in [0.3, 0.4) is 0 Å². The summed E-state index contributed by atoms with van der Waals surface area (Å²) in [6, 6.07) is 11.2. The number of carbonyl (C=O) groups excluding carboxylic acids is 1. The van der Waals surface area contributed by atoms with Crippen LogP contribution in [0.1, 0.15) is 12.5 Å². The van der Waals surface area contributed by atoms with Crippen LogP contribution >= 0.6 is 0 Å². The van der Waals surface area contributed by atoms with Crippen LogP contribution < -0.4 is 15.6 Å². The highest BCUT2D eigenvalue weighted by atomic mass is 32.2. The second-order valence-corrected chi connectivity index (χ2v) is 6.92. The van der Waals surface area contributed by atoms with E-state index in [0.29, 0.717) is 5.69 Å². The van der Waals surface area contributed by atoms with Gasteiger partial charge in [-0.05, 0) is 48.4 Å². The van der Waals surface area contributed by atoms with Crippen LogP contribution in [0.5, 0.6) is 0 Å². The number of nitrogens with one attached hydrogen (secondary N) is 1. The molecule has 1 amide bonds. The SMILES string of the molecule is CCc1ccc(N(CC(=O)NN)S(=O)(=O)c2ccc(F)cc2)cc1. The average molecular weight is 351 g/mol. The predicted octanol–water partition coefficient (Wildman–Crippen LogP) is 1.57. The van der Waals surface area contributed by atoms with Crippen molar-refractivity contribution in [3.05, 3.63) is 59.9 Å². The summed E-state index contributed by atoms with van der Waals surface area (Å²) in [5.74, 6) is 3.86. The highest BCUT2D eigenvalue weighted by Crippen LogP contribution is 2.24. The van der Waals surface area contributed by atoms with Crippen molar-refractivity contribution in [2.24, 2.45) is 5.84 Å². The molecule has 0 fully saturated rings. The summed E-state index contributed by atoms with van der Waals surface area (Å²) in [6.07, 6.45) is 0.800. The van der Waals surface area contributed by atoms with E-state index in [1.54, 1.807) is 24.3 Å². The van der Waals surface area contributed by atoms with Gasteiger partial charge in [0.2, 0.25) is 0 Å². The normalized spacial score (nSPS) is 11.1. The first kappa shape index (κ1) is 17.9. The Balaban J connectivity index is 2.47. The van der Waals surface area contributed by atoms with E-state index in [2.05, 4.69) is 0 Å². The molecular weight excluding hydrogens is 333 g/mol. The number of sulfonamides is 1. The fourth-order valence-electron chi connectivity index (χ4n) is 2.12. The number of aryl methyl sites for hydroxylation is 1. The highest BCUT2D eigenvalue weighted by molar-refractivity contribution is 7.92. The fraction of sp³-hybridized carbons (Fsp3) is 0.188. The Hall–Kier alpha value is -2.45. The maximum Gasteiger partial charge on any atom is 0.264 e. The molecule has 0 unspecified atom stereocenters. The molecule has 2 rings (SSSR count). The molecule has 3 N–H and O–H groups in total. The van der Waals surface area contributed by atoms with E-state index >= 15 is 0 Å². The number of nitrogens with zero attached hydrogens (tertiary/aromatic N) is 1. The summed E-state index contributed by atoms with van der Waals surface area (Å²) in [5, 5.41) is 0. The first-order valence-electron chi connectivity index (χ1n) is 7.25. The zero-order chi connectivity index (χ0) is 17.7. The van der Waals surface area contributed by atoms with E-state index in [4.69, 9.17) is 5.84 Å². The Kier molecular flexibility index (Phi) is 5.53. The summed E-state index contributed by atoms with van der Waals surface area (Å²) in [6.45, 7) is 1.49. The standard InChI is InChI=1S/C16H18FN3O3S/c1-2-12-3-7-14(8-4-12)20(11-16(21)19-18)24(22,23)15-9-5-13(17)6-10-15/h3-10H,2,11,18H2,1H3,(H,19,21). The van der Waals surface area contributed by atoms with Crippen molar-refractivity contribution in [1.29, 1.82) is 0 Å². The first-order valence-corrected chi connectivity index (χ1v) is 8.69. The maximum atomic E-state index is 13.1. The van der Waals surface area contributed by atoms with Crippen LogP contribution in [0, 0.1) is 5.82 Å². The van der Waals surface area contributed by atoms with Crippen molar-refractivity contribution >= 4 is 21.6 Å². The van der Waals surface area contributed by atoms with Gasteiger partial charge in [-0.25, -0.2) is 18.7 Å². The lowest BCUT2D eigenvalue weighted by Crippen LogP contribution is -2.43. The van der Waals surface area contributed by atoms with Gasteiger partial charge in [-0.2, -0.15) is 0 Å². The molecule has 0 bridgehead atoms. The zero-order valence-electron chi connectivity index (χ0n) is 13.1. The van der Waals surface area contributed by atoms with Crippen molar-refractivity contribution in [3.8, 4) is 0 Å². The average Bonchev–Trinajstić information content (AvgIpc) is 2.59. The number of benzene rings is 2. The third kappa shape index (κ3) is 3.90. The summed E-state index contributed by atoms with van der Waals surface area (Å²) in [4.78, 5) is 11.5. The Labute approximate surface area is 140 Å². The summed E-state index contributed by atoms with van der Waals surface area (Å²) in [5.41, 5.74) is 3.26. The number of amides is 1. The van der Waals surface area contributed by atoms with Crippen molar-refractivity contribution in [2.75, 3.05) is 10.8 Å². The first-order chi connectivity index (χ1) is 11.4. The topological polar surface area (TPSA) is 92.5 Å². The Morgan fingerprint density at radius 2 is 1.71 bits per heavy atom. The predicted molar refractivity (Wildman–Crippen MR) is 89.1 cm³/mol. The van der Waals surface area contributed by atoms with Crippen molar-refractivity contribution in [2.45, 2.75) is 18.2 Å². The fourth-order valence-corrected chi connectivity index (χ4v) is 3.54. The zero-order valence-corrected chi connectivity index (χ0v) is 13.9. The molecule has 0 spiro atoms. The van der Waals surface area contributed by atoms with Gasteiger partial charge in [0.05, 0.1) is 10.6 Å². The molecule has 24 heavy (non-hydrogen) atoms. The molecule has 0 saturated carbocycles. The van der Waals surface area contributed by atoms with Crippen LogP contribution in [-0.4, -0.2) is 20.9 Å². The number of hydrazine groups is 1. The number of hydrogen-bond donors (Lipinski definition) is 2. The monoisotopic (exact) mass is 351 g/mol. The Morgan fingerprint density at radius 3 is 2.21 bits per heavy atom. The van der Waals surface area contributed by atoms with E-state index in [1.165, 1.54) is 0 Å². The molecule has 2 aromatic rings. The van der Waals surface area contributed by atoms with E-state index < -0.39 is 28.3 Å². The largest absolute Gasteiger partial charge is 0.293 e. The number of nitrogens with two attached hydrogens (primary N) is 1. The van der Waals surface area contributed by atoms with Gasteiger partial charge in [0, 0.05) is 0 Å². The minimum absolute atomic E-state index is 0.117. The van der Waals surface area contributed by atoms with Gasteiger partial charge in [-0.3, -0.25) is 14.5 Å². The Morgan fingerprint density at radius 1 is 1.12 bits per heavy atom. The van der Waals surface area contributed by atoms with E-state index in [9.17, 15) is 17.6 Å². The van der Waals surface area contributed by atoms with Crippen molar-refractivity contribution in [1.82, 2.24) is 5.43 Å². The number of carbonyl (C=O) groups is 1. The van der Waals surface area contributed by atoms with Gasteiger partial charge in [0.1, 0.15) is 12.4 Å². The van der Waals surface area contributed by atoms with Gasteiger partial charge in [0.25, 0.3) is 15.9 Å². The summed E-state index contributed by atoms with van der Waals surface area (Å²) < 4.78 is 39.7. The number of hydrogen-bond acceptors (Lipinski definition) is 4. The van der Waals surface area contributed by atoms with Gasteiger partial charge in [-0.15, -0.1) is 0 Å². The van der Waals surface area contributed by atoms with E-state index in [0.717, 1.165) is 40.6 Å². The molecule has 0 heterocycles. The molecule has 0 saturated heterocycles. The lowest BCUT2D eigenvalue weighted by atomic mass is 10.1. The molecule has 8 heteroatoms. The molecular formula is C16H18FN3O3S. The second kappa shape index (κ2) is 7.41. The lowest BCUT2D eigenvalue weighted by molar-refractivity contribution is -0.119. The second-order valence-electron chi connectivity index (χ2n) is 5.05. The molecule has 0 aliphatic heterocycles. The third-order valence-electron chi connectivity index (χ3n) is 3.48. The van der Waals surface area contributed by atoms with E-state index in [1.807, 2.05) is 12.3 Å². The number of rotatable bonds is 6. The minimum atomic E-state index is -4.05. The summed E-state index contributed by atoms with van der Waals surface area (Å²) >= 11 is 0. The molecule has 2 aromatic carbocycles. The Bertz CT molecular complexity index is 805. The molecule has 6 nitrogen and oxygen atoms in total. The van der Waals surface area contributed by atoms with Crippen LogP contribution in [0.15, 0.2) is 53.4 Å². The van der Waals surface area contributed by atoms with Crippen molar-refractivity contribution < 1.29 is 17.6 Å². The highest BCUT2D eigenvalue weighted by Gasteiger charge is 2.27. The van der Waals surface area contributed by atoms with Crippen LogP contribution in [0.4, 0.5) is 10.1 Å². The maximum absolute atomic E-state index is 13.1. The quantitative estimate of drug-likeness (QED) is 0.469. The van der Waals surface area contributed by atoms with Gasteiger partial charge in [0.15, 0.2) is 0 Å². The number of anilines is 1. The molecule has 0 aliphatic carbocycles.